The second-order valence-corrected chi connectivity index (χ2v) is 5.35. The summed E-state index contributed by atoms with van der Waals surface area (Å²) in [4.78, 5) is 25.7. The van der Waals surface area contributed by atoms with Crippen LogP contribution in [0.2, 0.25) is 5.15 Å². The molecule has 2 rings (SSSR count). The Kier molecular flexibility index (Phi) is 4.67. The lowest BCUT2D eigenvalue weighted by Gasteiger charge is -2.33. The van der Waals surface area contributed by atoms with Crippen molar-refractivity contribution < 1.29 is 9.59 Å². The van der Waals surface area contributed by atoms with Crippen molar-refractivity contribution >= 4 is 29.5 Å². The van der Waals surface area contributed by atoms with Crippen LogP contribution in [-0.4, -0.2) is 45.6 Å². The first-order chi connectivity index (χ1) is 9.95. The number of halogens is 1. The summed E-state index contributed by atoms with van der Waals surface area (Å²) in [6.45, 7) is 4.73. The van der Waals surface area contributed by atoms with Gasteiger partial charge in [0.1, 0.15) is 11.2 Å². The van der Waals surface area contributed by atoms with Gasteiger partial charge < -0.3 is 10.2 Å². The third-order valence-electron chi connectivity index (χ3n) is 3.59. The highest BCUT2D eigenvalue weighted by molar-refractivity contribution is 6.31. The minimum Gasteiger partial charge on any atom is -0.353 e. The fourth-order valence-corrected chi connectivity index (χ4v) is 2.71. The summed E-state index contributed by atoms with van der Waals surface area (Å²) in [5.41, 5.74) is 1.48. The van der Waals surface area contributed by atoms with Crippen molar-refractivity contribution in [3.8, 4) is 0 Å². The zero-order valence-electron chi connectivity index (χ0n) is 12.4. The van der Waals surface area contributed by atoms with Gasteiger partial charge in [-0.3, -0.25) is 14.3 Å². The van der Waals surface area contributed by atoms with Gasteiger partial charge in [0.15, 0.2) is 0 Å². The van der Waals surface area contributed by atoms with Crippen LogP contribution in [0.5, 0.6) is 0 Å². The Hall–Kier alpha value is -1.82. The Bertz CT molecular complexity index is 594. The lowest BCUT2D eigenvalue weighted by Crippen LogP contribution is -2.56. The molecule has 114 valence electrons. The number of nitrogens with zero attached hydrogens (tertiary/aromatic N) is 3. The van der Waals surface area contributed by atoms with E-state index < -0.39 is 6.04 Å². The molecular formula is C14H19ClN4O2. The highest BCUT2D eigenvalue weighted by Crippen LogP contribution is 2.20. The largest absolute Gasteiger partial charge is 0.353 e. The van der Waals surface area contributed by atoms with Crippen molar-refractivity contribution in [2.75, 3.05) is 13.1 Å². The highest BCUT2D eigenvalue weighted by Gasteiger charge is 2.30. The number of aryl methyl sites for hydroxylation is 2. The van der Waals surface area contributed by atoms with Crippen LogP contribution in [0.3, 0.4) is 0 Å². The van der Waals surface area contributed by atoms with Gasteiger partial charge in [-0.15, -0.1) is 0 Å². The third-order valence-corrected chi connectivity index (χ3v) is 4.04. The molecule has 0 aliphatic carbocycles. The van der Waals surface area contributed by atoms with Gasteiger partial charge in [-0.05, 0) is 19.4 Å². The van der Waals surface area contributed by atoms with E-state index in [4.69, 9.17) is 11.6 Å². The molecule has 1 aromatic rings. The van der Waals surface area contributed by atoms with Crippen molar-refractivity contribution in [3.05, 3.63) is 22.5 Å². The average Bonchev–Trinajstić information content (AvgIpc) is 2.69. The Morgan fingerprint density at radius 2 is 2.29 bits per heavy atom. The van der Waals surface area contributed by atoms with Gasteiger partial charge in [0.25, 0.3) is 0 Å². The summed E-state index contributed by atoms with van der Waals surface area (Å²) in [5.74, 6) is -0.280. The summed E-state index contributed by atoms with van der Waals surface area (Å²) in [7, 11) is 1.75. The van der Waals surface area contributed by atoms with Gasteiger partial charge in [0.05, 0.1) is 5.69 Å². The fraction of sp³-hybridized carbons (Fsp3) is 0.500. The van der Waals surface area contributed by atoms with Crippen LogP contribution in [0, 0.1) is 6.92 Å². The molecule has 1 aliphatic rings. The Morgan fingerprint density at radius 1 is 1.57 bits per heavy atom. The number of hydrogen-bond donors (Lipinski definition) is 1. The lowest BCUT2D eigenvalue weighted by atomic mass is 10.1. The molecule has 1 fully saturated rings. The molecule has 0 radical (unpaired) electrons. The van der Waals surface area contributed by atoms with E-state index in [1.54, 1.807) is 22.7 Å². The maximum Gasteiger partial charge on any atom is 0.247 e. The molecule has 0 aromatic carbocycles. The summed E-state index contributed by atoms with van der Waals surface area (Å²) in [6, 6.07) is -0.402. The van der Waals surface area contributed by atoms with Crippen LogP contribution in [0.4, 0.5) is 0 Å². The normalized spacial score (nSPS) is 19.1. The molecule has 1 N–H and O–H groups in total. The fourth-order valence-electron chi connectivity index (χ4n) is 2.47. The number of nitrogens with one attached hydrogen (secondary N) is 1. The molecule has 2 heterocycles. The minimum absolute atomic E-state index is 0.0962. The maximum absolute atomic E-state index is 12.3. The topological polar surface area (TPSA) is 67.2 Å². The van der Waals surface area contributed by atoms with Crippen LogP contribution >= 0.6 is 11.6 Å². The molecule has 0 bridgehead atoms. The highest BCUT2D eigenvalue weighted by atomic mass is 35.5. The molecule has 0 saturated carbocycles. The predicted octanol–water partition coefficient (Wildman–Crippen LogP) is 1.13. The van der Waals surface area contributed by atoms with Crippen molar-refractivity contribution in [2.45, 2.75) is 26.3 Å². The molecule has 0 spiro atoms. The smallest absolute Gasteiger partial charge is 0.247 e. The minimum atomic E-state index is -0.402. The number of piperazine rings is 1. The van der Waals surface area contributed by atoms with Crippen LogP contribution in [0.25, 0.3) is 6.08 Å². The second kappa shape index (κ2) is 6.30. The zero-order valence-corrected chi connectivity index (χ0v) is 13.1. The lowest BCUT2D eigenvalue weighted by molar-refractivity contribution is -0.140. The third kappa shape index (κ3) is 3.10. The number of carbonyl (C=O) groups excluding carboxylic acids is 2. The van der Waals surface area contributed by atoms with E-state index in [9.17, 15) is 9.59 Å². The average molecular weight is 311 g/mol. The number of carbonyl (C=O) groups is 2. The van der Waals surface area contributed by atoms with E-state index in [0.29, 0.717) is 24.7 Å². The van der Waals surface area contributed by atoms with Gasteiger partial charge >= 0.3 is 0 Å². The van der Waals surface area contributed by atoms with Crippen molar-refractivity contribution in [1.29, 1.82) is 0 Å². The SMILES string of the molecule is CCC1C(=O)NCCN1C(=O)/C=C/c1c(C)nn(C)c1Cl. The van der Waals surface area contributed by atoms with Gasteiger partial charge in [0, 0.05) is 31.8 Å². The number of aromatic nitrogens is 2. The summed E-state index contributed by atoms with van der Waals surface area (Å²) >= 11 is 6.12. The van der Waals surface area contributed by atoms with Gasteiger partial charge in [-0.25, -0.2) is 0 Å². The van der Waals surface area contributed by atoms with Gasteiger partial charge in [0.2, 0.25) is 11.8 Å². The molecular weight excluding hydrogens is 292 g/mol. The molecule has 1 saturated heterocycles. The quantitative estimate of drug-likeness (QED) is 0.851. The number of hydrogen-bond acceptors (Lipinski definition) is 3. The Labute approximate surface area is 128 Å². The molecule has 1 aliphatic heterocycles. The molecule has 1 atom stereocenters. The van der Waals surface area contributed by atoms with Gasteiger partial charge in [-0.2, -0.15) is 5.10 Å². The molecule has 1 unspecified atom stereocenters. The molecule has 6 nitrogen and oxygen atoms in total. The van der Waals surface area contributed by atoms with E-state index in [0.717, 1.165) is 11.3 Å². The summed E-state index contributed by atoms with van der Waals surface area (Å²) in [5, 5.41) is 7.45. The predicted molar refractivity (Wildman–Crippen MR) is 80.8 cm³/mol. The van der Waals surface area contributed by atoms with Crippen molar-refractivity contribution in [3.63, 3.8) is 0 Å². The standard InChI is InChI=1S/C14H19ClN4O2/c1-4-11-14(21)16-7-8-19(11)12(20)6-5-10-9(2)17-18(3)13(10)15/h5-6,11H,4,7-8H2,1-3H3,(H,16,21)/b6-5+. The van der Waals surface area contributed by atoms with E-state index in [2.05, 4.69) is 10.4 Å². The van der Waals surface area contributed by atoms with Crippen LogP contribution in [0.15, 0.2) is 6.08 Å². The summed E-state index contributed by atoms with van der Waals surface area (Å²) < 4.78 is 1.56. The van der Waals surface area contributed by atoms with Crippen molar-refractivity contribution in [2.24, 2.45) is 7.05 Å². The van der Waals surface area contributed by atoms with Gasteiger partial charge in [-0.1, -0.05) is 18.5 Å². The first-order valence-electron chi connectivity index (χ1n) is 6.91. The number of amides is 2. The van der Waals surface area contributed by atoms with Crippen LogP contribution in [-0.2, 0) is 16.6 Å². The maximum atomic E-state index is 12.3. The molecule has 21 heavy (non-hydrogen) atoms. The Balaban J connectivity index is 2.16. The molecule has 2 amide bonds. The number of rotatable bonds is 3. The van der Waals surface area contributed by atoms with Crippen LogP contribution in [0.1, 0.15) is 24.6 Å². The molecule has 1 aromatic heterocycles. The zero-order chi connectivity index (χ0) is 15.6. The molecule has 7 heteroatoms. The van der Waals surface area contributed by atoms with Crippen molar-refractivity contribution in [1.82, 2.24) is 20.0 Å². The van der Waals surface area contributed by atoms with Crippen LogP contribution < -0.4 is 5.32 Å². The Morgan fingerprint density at radius 3 is 2.86 bits per heavy atom. The monoisotopic (exact) mass is 310 g/mol. The van der Waals surface area contributed by atoms with E-state index in [1.807, 2.05) is 13.8 Å². The first-order valence-corrected chi connectivity index (χ1v) is 7.29. The first kappa shape index (κ1) is 15.6. The van der Waals surface area contributed by atoms with E-state index in [-0.39, 0.29) is 11.8 Å². The summed E-state index contributed by atoms with van der Waals surface area (Å²) in [6.07, 6.45) is 3.71. The van der Waals surface area contributed by atoms with E-state index >= 15 is 0 Å². The second-order valence-electron chi connectivity index (χ2n) is 4.99. The van der Waals surface area contributed by atoms with E-state index in [1.165, 1.54) is 6.08 Å².